The second kappa shape index (κ2) is 35.6. The van der Waals surface area contributed by atoms with Crippen molar-refractivity contribution in [2.45, 2.75) is 0 Å². The van der Waals surface area contributed by atoms with Gasteiger partial charge in [-0.05, 0) is 0 Å². The molecule has 0 saturated heterocycles. The number of rotatable bonds is 0. The van der Waals surface area contributed by atoms with Gasteiger partial charge in [0.1, 0.15) is 0 Å². The Morgan fingerprint density at radius 1 is 0.800 bits per heavy atom. The smallest absolute Gasteiger partial charge is 1.00 e. The van der Waals surface area contributed by atoms with Gasteiger partial charge in [0.15, 0.2) is 0 Å². The van der Waals surface area contributed by atoms with Crippen LogP contribution in [0.4, 0.5) is 0 Å². The van der Waals surface area contributed by atoms with Gasteiger partial charge < -0.3 is 1.43 Å². The number of halogens is 3. The summed E-state index contributed by atoms with van der Waals surface area (Å²) in [7, 11) is 0. The summed E-state index contributed by atoms with van der Waals surface area (Å²) in [6.45, 7) is 0. The fourth-order valence-corrected chi connectivity index (χ4v) is 0. The van der Waals surface area contributed by atoms with Gasteiger partial charge in [-0.1, -0.05) is 0 Å². The zero-order valence-corrected chi connectivity index (χ0v) is 6.55. The van der Waals surface area contributed by atoms with Gasteiger partial charge in [0, 0.05) is 20.4 Å². The van der Waals surface area contributed by atoms with E-state index >= 15 is 0 Å². The number of hydrogen-bond donors (Lipinski definition) is 0. The van der Waals surface area contributed by atoms with Crippen molar-refractivity contribution < 1.29 is 40.7 Å². The molecule has 5 heavy (non-hydrogen) atoms. The molecule has 0 nitrogen and oxygen atoms in total. The van der Waals surface area contributed by atoms with Crippen molar-refractivity contribution in [3.8, 4) is 0 Å². The predicted molar refractivity (Wildman–Crippen MR) is 22.9 cm³/mol. The molecule has 0 aromatic rings. The van der Waals surface area contributed by atoms with Crippen molar-refractivity contribution in [2.75, 3.05) is 0 Å². The first-order valence-corrected chi connectivity index (χ1v) is 0. The largest absolute Gasteiger partial charge is 1.00 e. The molecular weight excluding hydrogens is 220 g/mol. The first-order chi connectivity index (χ1) is 0. The van der Waals surface area contributed by atoms with Crippen LogP contribution < -0.4 is 18.9 Å². The Labute approximate surface area is 77.4 Å². The van der Waals surface area contributed by atoms with Gasteiger partial charge in [0.2, 0.25) is 0 Å². The molecule has 0 bridgehead atoms. The minimum Gasteiger partial charge on any atom is -1.00 e. The summed E-state index contributed by atoms with van der Waals surface area (Å²) < 4.78 is 0. The Kier molecular flexibility index (Phi) is 420. The summed E-state index contributed by atoms with van der Waals surface area (Å²) in [6.07, 6.45) is 0. The van der Waals surface area contributed by atoms with Crippen molar-refractivity contribution in [3.63, 3.8) is 0 Å². The Morgan fingerprint density at radius 3 is 0.800 bits per heavy atom. The normalized spacial score (nSPS) is 0. The molecule has 0 amide bonds. The number of hydrogen-bond acceptors (Lipinski definition) is 0. The van der Waals surface area contributed by atoms with E-state index in [9.17, 15) is 0 Å². The Hall–Kier alpha value is 2.13. The minimum atomic E-state index is 0. The molecule has 0 radical (unpaired) electrons. The second-order valence-corrected chi connectivity index (χ2v) is 0. The maximum absolute atomic E-state index is 0. The Balaban J connectivity index is 0. The van der Waals surface area contributed by atoms with Gasteiger partial charge >= 0.3 is 18.9 Å². The molecule has 0 aliphatic heterocycles. The zero-order chi connectivity index (χ0) is 0. The van der Waals surface area contributed by atoms with E-state index in [1.807, 2.05) is 0 Å². The van der Waals surface area contributed by atoms with Crippen molar-refractivity contribution in [2.24, 2.45) is 0 Å². The maximum Gasteiger partial charge on any atom is 1.00 e. The van der Waals surface area contributed by atoms with E-state index in [4.69, 9.17) is 0 Å². The molecule has 0 N–H and O–H groups in total. The van der Waals surface area contributed by atoms with Gasteiger partial charge in [-0.3, -0.25) is 0 Å². The standard InChI is InChI=1S/3ClH.Li.Pd.H/h3*1H;;;/q;;;+1;;-1. The maximum atomic E-state index is 0. The van der Waals surface area contributed by atoms with Gasteiger partial charge in [-0.25, -0.2) is 0 Å². The fourth-order valence-electron chi connectivity index (χ4n) is 0. The average molecular weight is 224 g/mol. The van der Waals surface area contributed by atoms with Crippen LogP contribution in [0.3, 0.4) is 0 Å². The first-order valence-electron chi connectivity index (χ1n) is 0. The van der Waals surface area contributed by atoms with E-state index in [-0.39, 0.29) is 77.9 Å². The molecule has 0 aromatic heterocycles. The van der Waals surface area contributed by atoms with Crippen LogP contribution in [0, 0.1) is 0 Å². The van der Waals surface area contributed by atoms with E-state index in [2.05, 4.69) is 0 Å². The quantitative estimate of drug-likeness (QED) is 0.433. The Bertz CT molecular complexity index is 10.8. The van der Waals surface area contributed by atoms with Crippen LogP contribution in [0.15, 0.2) is 0 Å². The van der Waals surface area contributed by atoms with E-state index in [1.165, 1.54) is 0 Å². The molecule has 5 heteroatoms. The monoisotopic (exact) mass is 222 g/mol. The first kappa shape index (κ1) is 59.1. The predicted octanol–water partition coefficient (Wildman–Crippen LogP) is -1.62. The van der Waals surface area contributed by atoms with Crippen LogP contribution >= 0.6 is 37.2 Å². The van der Waals surface area contributed by atoms with Crippen LogP contribution in [0.5, 0.6) is 0 Å². The molecule has 0 aliphatic carbocycles. The van der Waals surface area contributed by atoms with Gasteiger partial charge in [-0.15, -0.1) is 37.2 Å². The molecule has 0 unspecified atom stereocenters. The molecule has 0 heterocycles. The molecule has 0 rings (SSSR count). The third-order valence-electron chi connectivity index (χ3n) is 0. The minimum absolute atomic E-state index is 0. The van der Waals surface area contributed by atoms with Gasteiger partial charge in [-0.2, -0.15) is 0 Å². The van der Waals surface area contributed by atoms with Crippen LogP contribution in [-0.4, -0.2) is 0 Å². The Morgan fingerprint density at radius 2 is 0.800 bits per heavy atom. The van der Waals surface area contributed by atoms with Crippen LogP contribution in [0.25, 0.3) is 0 Å². The summed E-state index contributed by atoms with van der Waals surface area (Å²) >= 11 is 0. The molecule has 0 aliphatic rings. The van der Waals surface area contributed by atoms with E-state index in [0.29, 0.717) is 0 Å². The second-order valence-electron chi connectivity index (χ2n) is 0. The molecule has 0 saturated carbocycles. The summed E-state index contributed by atoms with van der Waals surface area (Å²) in [4.78, 5) is 0. The summed E-state index contributed by atoms with van der Waals surface area (Å²) in [5.41, 5.74) is 0. The van der Waals surface area contributed by atoms with Crippen LogP contribution in [0.2, 0.25) is 0 Å². The van der Waals surface area contributed by atoms with Crippen molar-refractivity contribution in [1.29, 1.82) is 0 Å². The fraction of sp³-hybridized carbons (Fsp3) is 0. The molecule has 36 valence electrons. The van der Waals surface area contributed by atoms with Gasteiger partial charge in [0.25, 0.3) is 0 Å². The summed E-state index contributed by atoms with van der Waals surface area (Å²) in [5, 5.41) is 0. The molecule has 0 fully saturated rings. The van der Waals surface area contributed by atoms with Gasteiger partial charge in [0.05, 0.1) is 0 Å². The average Bonchev–Trinajstić information content (AvgIpc) is 0. The summed E-state index contributed by atoms with van der Waals surface area (Å²) in [6, 6.07) is 0. The van der Waals surface area contributed by atoms with Crippen molar-refractivity contribution >= 4 is 37.2 Å². The van der Waals surface area contributed by atoms with Crippen molar-refractivity contribution in [1.82, 2.24) is 0 Å². The molecule has 0 spiro atoms. The third kappa shape index (κ3) is 23.0. The van der Waals surface area contributed by atoms with Crippen LogP contribution in [-0.2, 0) is 20.4 Å². The molecular formula is H4Cl3LiPd. The van der Waals surface area contributed by atoms with Crippen molar-refractivity contribution in [3.05, 3.63) is 0 Å². The molecule has 0 atom stereocenters. The van der Waals surface area contributed by atoms with E-state index < -0.39 is 0 Å². The molecule has 0 aromatic carbocycles. The van der Waals surface area contributed by atoms with E-state index in [0.717, 1.165) is 0 Å². The SMILES string of the molecule is Cl.Cl.Cl.[H-].[Li+].[Pd]. The van der Waals surface area contributed by atoms with Crippen LogP contribution in [0.1, 0.15) is 1.43 Å². The third-order valence-corrected chi connectivity index (χ3v) is 0. The topological polar surface area (TPSA) is 0 Å². The summed E-state index contributed by atoms with van der Waals surface area (Å²) in [5.74, 6) is 0. The zero-order valence-electron chi connectivity index (χ0n) is 3.54. The van der Waals surface area contributed by atoms with E-state index in [1.54, 1.807) is 0 Å².